The van der Waals surface area contributed by atoms with Crippen molar-refractivity contribution in [2.45, 2.75) is 49.1 Å². The smallest absolute Gasteiger partial charge is 0.316 e. The van der Waals surface area contributed by atoms with Gasteiger partial charge in [0, 0.05) is 11.1 Å². The van der Waals surface area contributed by atoms with Crippen molar-refractivity contribution in [3.63, 3.8) is 0 Å². The number of nitrogens with one attached hydrogen (secondary N) is 1. The molecule has 1 aromatic heterocycles. The number of hydrogen-bond donors (Lipinski definition) is 1. The summed E-state index contributed by atoms with van der Waals surface area (Å²) in [7, 11) is 0. The van der Waals surface area contributed by atoms with Crippen molar-refractivity contribution in [1.82, 2.24) is 10.2 Å². The zero-order valence-electron chi connectivity index (χ0n) is 13.7. The lowest BCUT2D eigenvalue weighted by Gasteiger charge is -2.21. The van der Waals surface area contributed by atoms with Crippen LogP contribution in [-0.4, -0.2) is 28.0 Å². The fourth-order valence-electron chi connectivity index (χ4n) is 2.65. The molecule has 0 radical (unpaired) electrons. The number of aromatic nitrogens is 2. The van der Waals surface area contributed by atoms with E-state index in [-0.39, 0.29) is 18.3 Å². The third-order valence-electron chi connectivity index (χ3n) is 3.97. The Balaban J connectivity index is 1.39. The average molecular weight is 398 g/mol. The normalized spacial score (nSPS) is 15.1. The number of carbonyl (C=O) groups is 1. The lowest BCUT2D eigenvalue weighted by atomic mass is 9.96. The number of benzene rings is 1. The summed E-state index contributed by atoms with van der Waals surface area (Å²) in [4.78, 5) is 11.9. The third-order valence-corrected chi connectivity index (χ3v) is 6.18. The molecule has 0 amide bonds. The number of rotatable bonds is 7. The predicted octanol–water partition coefficient (Wildman–Crippen LogP) is 4.77. The summed E-state index contributed by atoms with van der Waals surface area (Å²) in [6.45, 7) is 0.251. The molecule has 1 aliphatic rings. The number of ether oxygens (including phenoxy) is 1. The van der Waals surface area contributed by atoms with Crippen molar-refractivity contribution < 1.29 is 9.53 Å². The lowest BCUT2D eigenvalue weighted by molar-refractivity contribution is -0.141. The molecule has 1 N–H and O–H groups in total. The first-order chi connectivity index (χ1) is 12.2. The minimum Gasteiger partial charge on any atom is -0.460 e. The van der Waals surface area contributed by atoms with Crippen molar-refractivity contribution in [2.75, 3.05) is 11.1 Å². The van der Waals surface area contributed by atoms with Gasteiger partial charge in [-0.2, -0.15) is 0 Å². The van der Waals surface area contributed by atoms with Crippen LogP contribution in [0.1, 0.15) is 37.7 Å². The Kier molecular flexibility index (Phi) is 6.95. The van der Waals surface area contributed by atoms with E-state index in [0.717, 1.165) is 15.0 Å². The van der Waals surface area contributed by atoms with Gasteiger partial charge in [-0.1, -0.05) is 66.1 Å². The maximum absolute atomic E-state index is 11.9. The van der Waals surface area contributed by atoms with Gasteiger partial charge in [-0.3, -0.25) is 4.79 Å². The van der Waals surface area contributed by atoms with Gasteiger partial charge in [-0.25, -0.2) is 0 Å². The molecule has 1 saturated carbocycles. The van der Waals surface area contributed by atoms with Crippen LogP contribution in [0.15, 0.2) is 28.6 Å². The summed E-state index contributed by atoms with van der Waals surface area (Å²) in [6.07, 6.45) is 6.26. The van der Waals surface area contributed by atoms with Gasteiger partial charge in [0.15, 0.2) is 4.34 Å². The lowest BCUT2D eigenvalue weighted by Crippen LogP contribution is -2.21. The van der Waals surface area contributed by atoms with Crippen LogP contribution in [0.4, 0.5) is 5.13 Å². The number of carbonyl (C=O) groups excluding carboxylic acids is 1. The predicted molar refractivity (Wildman–Crippen MR) is 102 cm³/mol. The molecule has 5 nitrogen and oxygen atoms in total. The zero-order valence-corrected chi connectivity index (χ0v) is 16.1. The largest absolute Gasteiger partial charge is 0.460 e. The molecule has 1 aliphatic carbocycles. The van der Waals surface area contributed by atoms with Crippen LogP contribution in [0.3, 0.4) is 0 Å². The summed E-state index contributed by atoms with van der Waals surface area (Å²) in [5.74, 6) is -0.0389. The average Bonchev–Trinajstić information content (AvgIpc) is 3.08. The van der Waals surface area contributed by atoms with Crippen molar-refractivity contribution in [3.05, 3.63) is 34.9 Å². The van der Waals surface area contributed by atoms with Gasteiger partial charge in [-0.15, -0.1) is 10.2 Å². The second-order valence-corrected chi connectivity index (χ2v) is 8.56. The molecule has 0 saturated heterocycles. The van der Waals surface area contributed by atoms with Crippen LogP contribution < -0.4 is 5.32 Å². The second-order valence-electron chi connectivity index (χ2n) is 5.93. The molecule has 3 rings (SSSR count). The number of thioether (sulfide) groups is 1. The van der Waals surface area contributed by atoms with Crippen LogP contribution in [-0.2, 0) is 16.1 Å². The van der Waals surface area contributed by atoms with E-state index in [1.54, 1.807) is 12.1 Å². The Morgan fingerprint density at radius 2 is 2.00 bits per heavy atom. The van der Waals surface area contributed by atoms with Crippen molar-refractivity contribution >= 4 is 45.8 Å². The van der Waals surface area contributed by atoms with E-state index in [4.69, 9.17) is 16.3 Å². The molecule has 0 spiro atoms. The molecule has 1 heterocycles. The first-order valence-electron chi connectivity index (χ1n) is 8.32. The topological polar surface area (TPSA) is 64.1 Å². The highest BCUT2D eigenvalue weighted by molar-refractivity contribution is 8.01. The van der Waals surface area contributed by atoms with E-state index in [1.807, 2.05) is 12.1 Å². The number of halogens is 1. The molecule has 0 bridgehead atoms. The van der Waals surface area contributed by atoms with Crippen LogP contribution >= 0.6 is 34.7 Å². The minimum atomic E-state index is -0.267. The molecule has 0 unspecified atom stereocenters. The van der Waals surface area contributed by atoms with Gasteiger partial charge >= 0.3 is 5.97 Å². The van der Waals surface area contributed by atoms with E-state index in [0.29, 0.717) is 11.1 Å². The van der Waals surface area contributed by atoms with Crippen molar-refractivity contribution in [1.29, 1.82) is 0 Å². The Morgan fingerprint density at radius 3 is 2.76 bits per heavy atom. The number of esters is 1. The molecular weight excluding hydrogens is 378 g/mol. The van der Waals surface area contributed by atoms with Crippen LogP contribution in [0.5, 0.6) is 0 Å². The monoisotopic (exact) mass is 397 g/mol. The van der Waals surface area contributed by atoms with E-state index >= 15 is 0 Å². The first-order valence-corrected chi connectivity index (χ1v) is 10.5. The van der Waals surface area contributed by atoms with Gasteiger partial charge in [-0.05, 0) is 30.5 Å². The maximum atomic E-state index is 11.9. The zero-order chi connectivity index (χ0) is 17.5. The Hall–Kier alpha value is -1.31. The quantitative estimate of drug-likeness (QED) is 0.536. The highest BCUT2D eigenvalue weighted by atomic mass is 35.5. The minimum absolute atomic E-state index is 0.228. The van der Waals surface area contributed by atoms with Gasteiger partial charge in [0.2, 0.25) is 5.13 Å². The first kappa shape index (κ1) is 18.5. The number of hydrogen-bond acceptors (Lipinski definition) is 7. The van der Waals surface area contributed by atoms with E-state index in [2.05, 4.69) is 15.5 Å². The molecule has 25 heavy (non-hydrogen) atoms. The van der Waals surface area contributed by atoms with Crippen LogP contribution in [0.2, 0.25) is 5.02 Å². The fourth-order valence-corrected chi connectivity index (χ4v) is 4.41. The highest BCUT2D eigenvalue weighted by Gasteiger charge is 2.15. The molecule has 1 aromatic carbocycles. The summed E-state index contributed by atoms with van der Waals surface area (Å²) in [5.41, 5.74) is 0.914. The van der Waals surface area contributed by atoms with E-state index in [9.17, 15) is 4.79 Å². The standard InChI is InChI=1S/C17H20ClN3O2S2/c18-13-8-6-12(7-9-13)10-23-15(22)11-24-17-21-20-16(25-17)19-14-4-2-1-3-5-14/h6-9,14H,1-5,10-11H2,(H,19,20). The van der Waals surface area contributed by atoms with Crippen molar-refractivity contribution in [3.8, 4) is 0 Å². The molecule has 8 heteroatoms. The molecule has 1 fully saturated rings. The fraction of sp³-hybridized carbons (Fsp3) is 0.471. The Morgan fingerprint density at radius 1 is 1.24 bits per heavy atom. The molecule has 0 aliphatic heterocycles. The van der Waals surface area contributed by atoms with Crippen LogP contribution in [0, 0.1) is 0 Å². The molecular formula is C17H20ClN3O2S2. The van der Waals surface area contributed by atoms with Crippen molar-refractivity contribution in [2.24, 2.45) is 0 Å². The number of nitrogens with zero attached hydrogens (tertiary/aromatic N) is 2. The van der Waals surface area contributed by atoms with Gasteiger partial charge in [0.1, 0.15) is 6.61 Å². The molecule has 2 aromatic rings. The van der Waals surface area contributed by atoms with Gasteiger partial charge < -0.3 is 10.1 Å². The second kappa shape index (κ2) is 9.40. The van der Waals surface area contributed by atoms with Gasteiger partial charge in [0.05, 0.1) is 5.75 Å². The Bertz CT molecular complexity index is 687. The summed E-state index contributed by atoms with van der Waals surface area (Å²) >= 11 is 8.68. The molecule has 0 atom stereocenters. The van der Waals surface area contributed by atoms with Gasteiger partial charge in [0.25, 0.3) is 0 Å². The Labute approximate surface area is 160 Å². The number of anilines is 1. The summed E-state index contributed by atoms with van der Waals surface area (Å²) < 4.78 is 6.04. The summed E-state index contributed by atoms with van der Waals surface area (Å²) in [5, 5.41) is 13.2. The van der Waals surface area contributed by atoms with E-state index in [1.165, 1.54) is 55.2 Å². The maximum Gasteiger partial charge on any atom is 0.316 e. The summed E-state index contributed by atoms with van der Waals surface area (Å²) in [6, 6.07) is 7.75. The third kappa shape index (κ3) is 6.17. The van der Waals surface area contributed by atoms with E-state index < -0.39 is 0 Å². The SMILES string of the molecule is O=C(CSc1nnc(NC2CCCCC2)s1)OCc1ccc(Cl)cc1. The molecule has 134 valence electrons. The highest BCUT2D eigenvalue weighted by Crippen LogP contribution is 2.28. The van der Waals surface area contributed by atoms with Crippen LogP contribution in [0.25, 0.3) is 0 Å².